The number of fused-ring (bicyclic) bond motifs is 1. The zero-order valence-electron chi connectivity index (χ0n) is 13.7. The van der Waals surface area contributed by atoms with E-state index in [1.165, 1.54) is 31.3 Å². The van der Waals surface area contributed by atoms with Crippen LogP contribution in [0, 0.1) is 12.7 Å². The van der Waals surface area contributed by atoms with Gasteiger partial charge in [-0.25, -0.2) is 13.8 Å². The summed E-state index contributed by atoms with van der Waals surface area (Å²) in [5, 5.41) is 8.32. The van der Waals surface area contributed by atoms with Gasteiger partial charge in [0.1, 0.15) is 5.52 Å². The number of anilines is 1. The zero-order valence-corrected chi connectivity index (χ0v) is 13.7. The number of nitrogens with zero attached hydrogens (tertiary/aromatic N) is 2. The van der Waals surface area contributed by atoms with Gasteiger partial charge in [-0.3, -0.25) is 9.89 Å². The molecule has 0 saturated carbocycles. The summed E-state index contributed by atoms with van der Waals surface area (Å²) in [5.74, 6) is -3.77. The van der Waals surface area contributed by atoms with E-state index in [4.69, 9.17) is 0 Å². The molecule has 3 rings (SSSR count). The molecule has 10 heteroatoms. The number of aromatic amines is 1. The van der Waals surface area contributed by atoms with Crippen LogP contribution in [0.3, 0.4) is 0 Å². The molecule has 0 aliphatic carbocycles. The highest BCUT2D eigenvalue weighted by Crippen LogP contribution is 2.35. The third-order valence-electron chi connectivity index (χ3n) is 3.75. The van der Waals surface area contributed by atoms with E-state index in [9.17, 15) is 26.7 Å². The summed E-state index contributed by atoms with van der Waals surface area (Å²) in [6.07, 6.45) is -1.97. The van der Waals surface area contributed by atoms with Crippen molar-refractivity contribution in [1.29, 1.82) is 0 Å². The fourth-order valence-corrected chi connectivity index (χ4v) is 2.41. The molecule has 1 amide bonds. The van der Waals surface area contributed by atoms with Crippen molar-refractivity contribution < 1.29 is 26.7 Å². The third-order valence-corrected chi connectivity index (χ3v) is 3.75. The normalized spacial score (nSPS) is 12.4. The number of rotatable bonds is 3. The molecule has 2 N–H and O–H groups in total. The Bertz CT molecular complexity index is 1060. The minimum absolute atomic E-state index is 0.0134. The predicted octanol–water partition coefficient (Wildman–Crippen LogP) is 4.37. The van der Waals surface area contributed by atoms with Gasteiger partial charge in [-0.1, -0.05) is 12.1 Å². The Morgan fingerprint density at radius 2 is 2.00 bits per heavy atom. The first-order valence-corrected chi connectivity index (χ1v) is 7.51. The number of amides is 1. The highest BCUT2D eigenvalue weighted by molar-refractivity contribution is 6.05. The van der Waals surface area contributed by atoms with Gasteiger partial charge in [0.25, 0.3) is 5.91 Å². The van der Waals surface area contributed by atoms with Crippen LogP contribution < -0.4 is 5.32 Å². The molecule has 0 unspecified atom stereocenters. The maximum atomic E-state index is 14.3. The number of halogens is 5. The second-order valence-electron chi connectivity index (χ2n) is 5.60. The van der Waals surface area contributed by atoms with Crippen molar-refractivity contribution in [1.82, 2.24) is 15.2 Å². The average molecular weight is 382 g/mol. The average Bonchev–Trinajstić information content (AvgIpc) is 3.07. The first-order valence-electron chi connectivity index (χ1n) is 7.51. The molecular formula is C17H11F5N4O. The fraction of sp³-hybridized carbons (Fsp3) is 0.118. The highest BCUT2D eigenvalue weighted by Gasteiger charge is 2.36. The van der Waals surface area contributed by atoms with Gasteiger partial charge in [0.05, 0.1) is 11.9 Å². The Hall–Kier alpha value is -3.30. The van der Waals surface area contributed by atoms with Crippen molar-refractivity contribution in [3.8, 4) is 0 Å². The number of H-pyrrole nitrogens is 1. The summed E-state index contributed by atoms with van der Waals surface area (Å²) in [4.78, 5) is 15.2. The molecule has 2 aromatic heterocycles. The SMILES string of the molecule is Cc1ccnc(C(F)(F)F)c1NC(=O)/C(F)=C/c1ccc2cn[nH]c2c1F. The van der Waals surface area contributed by atoms with Gasteiger partial charge < -0.3 is 5.32 Å². The number of carbonyl (C=O) groups is 1. The van der Waals surface area contributed by atoms with E-state index in [-0.39, 0.29) is 16.6 Å². The molecule has 0 aliphatic heterocycles. The topological polar surface area (TPSA) is 70.7 Å². The molecule has 0 bridgehead atoms. The lowest BCUT2D eigenvalue weighted by Gasteiger charge is -2.14. The summed E-state index contributed by atoms with van der Waals surface area (Å²) in [7, 11) is 0. The van der Waals surface area contributed by atoms with Gasteiger partial charge in [-0.2, -0.15) is 18.3 Å². The van der Waals surface area contributed by atoms with Crippen LogP contribution in [0.2, 0.25) is 0 Å². The van der Waals surface area contributed by atoms with Crippen LogP contribution in [0.25, 0.3) is 17.0 Å². The number of alkyl halides is 3. The number of aromatic nitrogens is 3. The number of hydrogen-bond acceptors (Lipinski definition) is 3. The van der Waals surface area contributed by atoms with Gasteiger partial charge in [0, 0.05) is 17.1 Å². The van der Waals surface area contributed by atoms with Gasteiger partial charge in [-0.15, -0.1) is 0 Å². The molecule has 2 heterocycles. The monoisotopic (exact) mass is 382 g/mol. The van der Waals surface area contributed by atoms with Crippen LogP contribution in [-0.2, 0) is 11.0 Å². The van der Waals surface area contributed by atoms with Crippen LogP contribution in [-0.4, -0.2) is 21.1 Å². The van der Waals surface area contributed by atoms with Crippen molar-refractivity contribution in [2.75, 3.05) is 5.32 Å². The van der Waals surface area contributed by atoms with Gasteiger partial charge in [0.15, 0.2) is 17.3 Å². The Balaban J connectivity index is 1.92. The van der Waals surface area contributed by atoms with E-state index in [0.29, 0.717) is 11.5 Å². The van der Waals surface area contributed by atoms with Crippen LogP contribution >= 0.6 is 0 Å². The molecule has 0 saturated heterocycles. The Morgan fingerprint density at radius 1 is 1.26 bits per heavy atom. The zero-order chi connectivity index (χ0) is 19.8. The lowest BCUT2D eigenvalue weighted by atomic mass is 10.1. The number of nitrogens with one attached hydrogen (secondary N) is 2. The maximum Gasteiger partial charge on any atom is 0.435 e. The number of hydrogen-bond donors (Lipinski definition) is 2. The summed E-state index contributed by atoms with van der Waals surface area (Å²) >= 11 is 0. The Labute approximate surface area is 148 Å². The molecule has 140 valence electrons. The molecule has 1 aromatic carbocycles. The molecule has 0 spiro atoms. The summed E-state index contributed by atoms with van der Waals surface area (Å²) in [5.41, 5.74) is -2.22. The van der Waals surface area contributed by atoms with Crippen molar-refractivity contribution in [3.63, 3.8) is 0 Å². The van der Waals surface area contributed by atoms with Crippen molar-refractivity contribution in [2.45, 2.75) is 13.1 Å². The van der Waals surface area contributed by atoms with Crippen LogP contribution in [0.4, 0.5) is 27.6 Å². The molecule has 3 aromatic rings. The maximum absolute atomic E-state index is 14.3. The first-order chi connectivity index (χ1) is 12.7. The van der Waals surface area contributed by atoms with Gasteiger partial charge in [-0.05, 0) is 24.6 Å². The molecular weight excluding hydrogens is 371 g/mol. The third kappa shape index (κ3) is 3.64. The standard InChI is InChI=1S/C17H11F5N4O/c1-8-4-5-23-15(17(20,21)22)13(8)25-16(27)11(18)6-9-2-3-10-7-24-26-14(10)12(9)19/h2-7H,1H3,(H,24,26)(H,25,27)/b11-6-. The molecule has 0 atom stereocenters. The van der Waals surface area contributed by atoms with E-state index in [1.54, 1.807) is 0 Å². The van der Waals surface area contributed by atoms with Crippen molar-refractivity contribution in [3.05, 3.63) is 59.1 Å². The number of aryl methyl sites for hydroxylation is 1. The van der Waals surface area contributed by atoms with Crippen LogP contribution in [0.5, 0.6) is 0 Å². The van der Waals surface area contributed by atoms with E-state index in [0.717, 1.165) is 6.20 Å². The minimum Gasteiger partial charge on any atom is -0.318 e. The minimum atomic E-state index is -4.84. The van der Waals surface area contributed by atoms with E-state index >= 15 is 0 Å². The molecule has 5 nitrogen and oxygen atoms in total. The van der Waals surface area contributed by atoms with Crippen molar-refractivity contribution in [2.24, 2.45) is 0 Å². The van der Waals surface area contributed by atoms with Crippen LogP contribution in [0.1, 0.15) is 16.8 Å². The number of pyridine rings is 1. The smallest absolute Gasteiger partial charge is 0.318 e. The largest absolute Gasteiger partial charge is 0.435 e. The van der Waals surface area contributed by atoms with Crippen LogP contribution in [0.15, 0.2) is 36.4 Å². The van der Waals surface area contributed by atoms with E-state index < -0.39 is 35.1 Å². The number of benzene rings is 1. The van der Waals surface area contributed by atoms with Gasteiger partial charge >= 0.3 is 6.18 Å². The highest BCUT2D eigenvalue weighted by atomic mass is 19.4. The van der Waals surface area contributed by atoms with E-state index in [2.05, 4.69) is 15.2 Å². The second kappa shape index (κ2) is 6.78. The predicted molar refractivity (Wildman–Crippen MR) is 87.7 cm³/mol. The second-order valence-corrected chi connectivity index (χ2v) is 5.60. The fourth-order valence-electron chi connectivity index (χ4n) is 2.41. The molecule has 0 aliphatic rings. The molecule has 27 heavy (non-hydrogen) atoms. The summed E-state index contributed by atoms with van der Waals surface area (Å²) in [6, 6.07) is 3.90. The molecule has 0 fully saturated rings. The number of carbonyl (C=O) groups excluding carboxylic acids is 1. The van der Waals surface area contributed by atoms with Crippen molar-refractivity contribution >= 4 is 28.6 Å². The lowest BCUT2D eigenvalue weighted by Crippen LogP contribution is -2.19. The lowest BCUT2D eigenvalue weighted by molar-refractivity contribution is -0.140. The Kier molecular flexibility index (Phi) is 4.64. The molecule has 0 radical (unpaired) electrons. The first kappa shape index (κ1) is 18.5. The summed E-state index contributed by atoms with van der Waals surface area (Å²) < 4.78 is 67.5. The van der Waals surface area contributed by atoms with Gasteiger partial charge in [0.2, 0.25) is 0 Å². The summed E-state index contributed by atoms with van der Waals surface area (Å²) in [6.45, 7) is 1.31. The van der Waals surface area contributed by atoms with E-state index in [1.807, 2.05) is 5.32 Å². The Morgan fingerprint density at radius 3 is 2.70 bits per heavy atom. The quantitative estimate of drug-likeness (QED) is 0.522.